The van der Waals surface area contributed by atoms with Crippen molar-refractivity contribution in [1.29, 1.82) is 0 Å². The average molecular weight is 811 g/mol. The smallest absolute Gasteiger partial charge is 0.129 e. The lowest BCUT2D eigenvalue weighted by molar-refractivity contribution is 0.304. The summed E-state index contributed by atoms with van der Waals surface area (Å²) in [6.45, 7) is 38.0. The number of pyridine rings is 1. The van der Waals surface area contributed by atoms with E-state index in [1.54, 1.807) is 0 Å². The van der Waals surface area contributed by atoms with Crippen molar-refractivity contribution in [2.75, 3.05) is 16.5 Å². The fourth-order valence-corrected chi connectivity index (χ4v) is 9.57. The molecule has 1 aliphatic heterocycles. The van der Waals surface area contributed by atoms with Crippen molar-refractivity contribution in [1.82, 2.24) is 9.61 Å². The number of anilines is 4. The van der Waals surface area contributed by atoms with E-state index < -0.39 is 0 Å². The monoisotopic (exact) mass is 811 g/mol. The molecule has 5 nitrogen and oxygen atoms in total. The van der Waals surface area contributed by atoms with Gasteiger partial charge in [-0.2, -0.15) is 5.10 Å². The van der Waals surface area contributed by atoms with Crippen LogP contribution in [0.15, 0.2) is 97.2 Å². The Morgan fingerprint density at radius 1 is 0.508 bits per heavy atom. The Labute approximate surface area is 364 Å². The number of hydrogen-bond acceptors (Lipinski definition) is 4. The van der Waals surface area contributed by atoms with E-state index in [0.717, 1.165) is 22.7 Å². The van der Waals surface area contributed by atoms with Crippen LogP contribution in [0.4, 0.5) is 22.7 Å². The first-order chi connectivity index (χ1) is 28.2. The van der Waals surface area contributed by atoms with E-state index in [2.05, 4.69) is 222 Å². The van der Waals surface area contributed by atoms with Crippen LogP contribution in [-0.2, 0) is 32.5 Å². The normalized spacial score (nSPS) is 16.3. The topological polar surface area (TPSA) is 33.0 Å². The molecule has 2 aliphatic rings. The van der Waals surface area contributed by atoms with E-state index in [1.165, 1.54) is 72.1 Å². The minimum Gasteiger partial charge on any atom is -0.457 e. The average Bonchev–Trinajstić information content (AvgIpc) is 3.79. The molecule has 0 amide bonds. The number of nitrogens with zero attached hydrogens (tertiary/aromatic N) is 4. The molecule has 9 rings (SSSR count). The largest absolute Gasteiger partial charge is 0.457 e. The lowest BCUT2D eigenvalue weighted by atomic mass is 9.57. The van der Waals surface area contributed by atoms with Gasteiger partial charge in [-0.25, -0.2) is 4.52 Å². The zero-order valence-electron chi connectivity index (χ0n) is 39.6. The Bertz CT molecular complexity index is 2880. The van der Waals surface area contributed by atoms with Gasteiger partial charge in [0.15, 0.2) is 0 Å². The standard InChI is InChI=1S/C56H66N4O/c1-51(2,3)34-23-35(52(4,5)6)25-38(24-34)58-33-59(47-20-18-17-19-46(47)58)39-26-36(53(7,8)9)27-41(30-39)61-40-21-22-42-43-28-37(54(10,11)12)29-44-49(43)50-45(56(15,16)55(44,13)14)32-57-60(50)48(42)31-40/h17-32H,33H2,1-16H3. The van der Waals surface area contributed by atoms with Crippen LogP contribution in [0.2, 0.25) is 0 Å². The summed E-state index contributed by atoms with van der Waals surface area (Å²) in [6.07, 6.45) is 2.11. The highest BCUT2D eigenvalue weighted by molar-refractivity contribution is 6.16. The van der Waals surface area contributed by atoms with Crippen molar-refractivity contribution < 1.29 is 4.74 Å². The van der Waals surface area contributed by atoms with Gasteiger partial charge in [-0.15, -0.1) is 0 Å². The summed E-state index contributed by atoms with van der Waals surface area (Å²) in [6, 6.07) is 34.3. The summed E-state index contributed by atoms with van der Waals surface area (Å²) in [5.74, 6) is 1.62. The Morgan fingerprint density at radius 2 is 1.02 bits per heavy atom. The van der Waals surface area contributed by atoms with E-state index in [-0.39, 0.29) is 32.5 Å². The third-order valence-electron chi connectivity index (χ3n) is 14.4. The van der Waals surface area contributed by atoms with E-state index >= 15 is 0 Å². The Morgan fingerprint density at radius 3 is 1.57 bits per heavy atom. The third-order valence-corrected chi connectivity index (χ3v) is 14.4. The van der Waals surface area contributed by atoms with Gasteiger partial charge in [-0.05, 0) is 115 Å². The maximum Gasteiger partial charge on any atom is 0.129 e. The SMILES string of the molecule is CC(C)(C)c1cc(Oc2ccc3c4cc(C(C)(C)C)cc5c4c4c(cnn4c3c2)C(C)(C)C5(C)C)cc(N2CN(c3cc(C(C)(C)C)cc(C(C)(C)C)c3)c3ccccc32)c1. The van der Waals surface area contributed by atoms with Crippen molar-refractivity contribution in [3.05, 3.63) is 131 Å². The van der Waals surface area contributed by atoms with Crippen LogP contribution in [-0.4, -0.2) is 16.3 Å². The van der Waals surface area contributed by atoms with Gasteiger partial charge in [-0.3, -0.25) is 0 Å². The maximum absolute atomic E-state index is 7.00. The number of benzene rings is 5. The Kier molecular flexibility index (Phi) is 8.83. The second-order valence-electron chi connectivity index (χ2n) is 23.3. The van der Waals surface area contributed by atoms with E-state index in [9.17, 15) is 0 Å². The number of hydrogen-bond donors (Lipinski definition) is 0. The molecule has 2 aromatic heterocycles. The van der Waals surface area contributed by atoms with E-state index in [1.807, 2.05) is 0 Å². The number of rotatable bonds is 4. The van der Waals surface area contributed by atoms with E-state index in [0.29, 0.717) is 6.67 Å². The van der Waals surface area contributed by atoms with Crippen molar-refractivity contribution >= 4 is 49.9 Å². The molecular formula is C56H66N4O. The summed E-state index contributed by atoms with van der Waals surface area (Å²) in [5, 5.41) is 8.94. The van der Waals surface area contributed by atoms with Crippen molar-refractivity contribution in [2.45, 2.75) is 143 Å². The van der Waals surface area contributed by atoms with Gasteiger partial charge in [-0.1, -0.05) is 135 Å². The molecule has 0 radical (unpaired) electrons. The molecule has 5 heteroatoms. The molecule has 0 atom stereocenters. The fraction of sp³-hybridized carbons (Fsp3) is 0.411. The molecule has 1 aliphatic carbocycles. The molecule has 0 fully saturated rings. The number of ether oxygens (including phenoxy) is 1. The molecule has 0 N–H and O–H groups in total. The van der Waals surface area contributed by atoms with Gasteiger partial charge >= 0.3 is 0 Å². The molecular weight excluding hydrogens is 745 g/mol. The van der Waals surface area contributed by atoms with Crippen LogP contribution >= 0.6 is 0 Å². The van der Waals surface area contributed by atoms with Crippen LogP contribution in [0, 0.1) is 0 Å². The summed E-state index contributed by atoms with van der Waals surface area (Å²) in [7, 11) is 0. The first-order valence-electron chi connectivity index (χ1n) is 22.3. The summed E-state index contributed by atoms with van der Waals surface area (Å²) < 4.78 is 9.19. The van der Waals surface area contributed by atoms with Gasteiger partial charge in [0.25, 0.3) is 0 Å². The van der Waals surface area contributed by atoms with Gasteiger partial charge < -0.3 is 14.5 Å². The molecule has 0 saturated heterocycles. The van der Waals surface area contributed by atoms with E-state index in [4.69, 9.17) is 9.84 Å². The molecule has 0 bridgehead atoms. The predicted molar refractivity (Wildman–Crippen MR) is 260 cm³/mol. The highest BCUT2D eigenvalue weighted by atomic mass is 16.5. The zero-order chi connectivity index (χ0) is 44.0. The highest BCUT2D eigenvalue weighted by Crippen LogP contribution is 2.55. The lowest BCUT2D eigenvalue weighted by Gasteiger charge is -2.46. The summed E-state index contributed by atoms with van der Waals surface area (Å²) in [4.78, 5) is 4.93. The second kappa shape index (κ2) is 13.1. The molecule has 7 aromatic rings. The highest BCUT2D eigenvalue weighted by Gasteiger charge is 2.47. The Balaban J connectivity index is 1.17. The first-order valence-corrected chi connectivity index (χ1v) is 22.3. The van der Waals surface area contributed by atoms with Crippen LogP contribution < -0.4 is 14.5 Å². The zero-order valence-corrected chi connectivity index (χ0v) is 39.6. The quantitative estimate of drug-likeness (QED) is 0.166. The van der Waals surface area contributed by atoms with Gasteiger partial charge in [0, 0.05) is 45.3 Å². The molecule has 0 saturated carbocycles. The summed E-state index contributed by atoms with van der Waals surface area (Å²) >= 11 is 0. The molecule has 0 spiro atoms. The van der Waals surface area contributed by atoms with Crippen molar-refractivity contribution in [3.63, 3.8) is 0 Å². The number of para-hydroxylation sites is 2. The molecule has 61 heavy (non-hydrogen) atoms. The van der Waals surface area contributed by atoms with Crippen LogP contribution in [0.5, 0.6) is 11.5 Å². The predicted octanol–water partition coefficient (Wildman–Crippen LogP) is 15.4. The maximum atomic E-state index is 7.00. The van der Waals surface area contributed by atoms with Crippen molar-refractivity contribution in [3.8, 4) is 11.5 Å². The second-order valence-corrected chi connectivity index (χ2v) is 23.3. The third kappa shape index (κ3) is 6.52. The first kappa shape index (κ1) is 41.1. The van der Waals surface area contributed by atoms with Crippen molar-refractivity contribution in [2.24, 2.45) is 0 Å². The minimum absolute atomic E-state index is 0.00142. The fourth-order valence-electron chi connectivity index (χ4n) is 9.57. The van der Waals surface area contributed by atoms with Gasteiger partial charge in [0.05, 0.1) is 28.6 Å². The Hall–Kier alpha value is -5.29. The van der Waals surface area contributed by atoms with Gasteiger partial charge in [0.2, 0.25) is 0 Å². The summed E-state index contributed by atoms with van der Waals surface area (Å²) in [5.41, 5.74) is 14.7. The van der Waals surface area contributed by atoms with Crippen LogP contribution in [0.1, 0.15) is 144 Å². The number of fused-ring (bicyclic) bond motifs is 4. The molecule has 0 unspecified atom stereocenters. The number of aromatic nitrogens is 2. The minimum atomic E-state index is -0.120. The molecule has 3 heterocycles. The molecule has 316 valence electrons. The molecule has 5 aromatic carbocycles. The van der Waals surface area contributed by atoms with Gasteiger partial charge in [0.1, 0.15) is 18.2 Å². The van der Waals surface area contributed by atoms with Crippen LogP contribution in [0.3, 0.4) is 0 Å². The van der Waals surface area contributed by atoms with Crippen LogP contribution in [0.25, 0.3) is 27.2 Å². The lowest BCUT2D eigenvalue weighted by Crippen LogP contribution is -2.42.